The molecule has 1 aromatic carbocycles. The molecular weight excluding hydrogens is 464 g/mol. The maximum absolute atomic E-state index is 13.1. The first kappa shape index (κ1) is 22.8. The van der Waals surface area contributed by atoms with Crippen molar-refractivity contribution < 1.29 is 19.1 Å². The highest BCUT2D eigenvalue weighted by Crippen LogP contribution is 2.34. The number of pyridine rings is 1. The lowest BCUT2D eigenvalue weighted by Crippen LogP contribution is -2.40. The smallest absolute Gasteiger partial charge is 0.295 e. The zero-order chi connectivity index (χ0) is 24.4. The van der Waals surface area contributed by atoms with Crippen molar-refractivity contribution >= 4 is 40.0 Å². The van der Waals surface area contributed by atoms with Crippen LogP contribution in [0.15, 0.2) is 53.7 Å². The number of H-pyrrole nitrogens is 1. The first-order chi connectivity index (χ1) is 17.1. The Morgan fingerprint density at radius 1 is 1.11 bits per heavy atom. The van der Waals surface area contributed by atoms with E-state index in [1.165, 1.54) is 32.2 Å². The highest BCUT2D eigenvalue weighted by atomic mass is 32.1. The molecular formula is C26H24N4O4S. The van der Waals surface area contributed by atoms with E-state index < -0.39 is 11.7 Å². The maximum Gasteiger partial charge on any atom is 0.295 e. The lowest BCUT2D eigenvalue weighted by atomic mass is 10.0. The molecule has 0 spiro atoms. The number of piperidine rings is 1. The van der Waals surface area contributed by atoms with Crippen molar-refractivity contribution in [1.82, 2.24) is 19.9 Å². The third kappa shape index (κ3) is 4.42. The molecule has 1 amide bonds. The van der Waals surface area contributed by atoms with E-state index in [2.05, 4.69) is 21.4 Å². The fraction of sp³-hybridized carbons (Fsp3) is 0.231. The van der Waals surface area contributed by atoms with Crippen LogP contribution in [0.4, 0.5) is 0 Å². The monoisotopic (exact) mass is 488 g/mol. The van der Waals surface area contributed by atoms with E-state index in [9.17, 15) is 9.59 Å². The summed E-state index contributed by atoms with van der Waals surface area (Å²) >= 11 is 1.60. The van der Waals surface area contributed by atoms with Gasteiger partial charge in [0.05, 0.1) is 37.1 Å². The Morgan fingerprint density at radius 2 is 1.89 bits per heavy atom. The van der Waals surface area contributed by atoms with Crippen molar-refractivity contribution in [2.45, 2.75) is 12.8 Å². The Labute approximate surface area is 206 Å². The molecule has 0 atom stereocenters. The summed E-state index contributed by atoms with van der Waals surface area (Å²) in [5, 5.41) is 3.50. The van der Waals surface area contributed by atoms with Crippen LogP contribution in [0.3, 0.4) is 0 Å². The number of nitrogens with zero attached hydrogens (tertiary/aromatic N) is 3. The van der Waals surface area contributed by atoms with Gasteiger partial charge in [0, 0.05) is 30.2 Å². The third-order valence-corrected chi connectivity index (χ3v) is 6.90. The summed E-state index contributed by atoms with van der Waals surface area (Å²) in [4.78, 5) is 39.7. The lowest BCUT2D eigenvalue weighted by Gasteiger charge is -2.27. The van der Waals surface area contributed by atoms with Gasteiger partial charge >= 0.3 is 0 Å². The molecule has 1 saturated heterocycles. The Morgan fingerprint density at radius 3 is 2.60 bits per heavy atom. The van der Waals surface area contributed by atoms with Gasteiger partial charge in [-0.2, -0.15) is 0 Å². The molecule has 4 aromatic rings. The number of amides is 1. The number of Topliss-reactive ketones (excluding diaryl/α,β-unsaturated/α-hetero) is 1. The summed E-state index contributed by atoms with van der Waals surface area (Å²) in [5.41, 5.74) is 4.04. The van der Waals surface area contributed by atoms with E-state index >= 15 is 0 Å². The summed E-state index contributed by atoms with van der Waals surface area (Å²) in [5.74, 6) is -0.371. The molecule has 35 heavy (non-hydrogen) atoms. The van der Waals surface area contributed by atoms with Crippen LogP contribution >= 0.6 is 11.3 Å². The molecule has 0 aliphatic carbocycles. The van der Waals surface area contributed by atoms with Gasteiger partial charge in [0.25, 0.3) is 11.7 Å². The number of likely N-dealkylation sites (tertiary alicyclic amines) is 1. The van der Waals surface area contributed by atoms with Gasteiger partial charge in [0.15, 0.2) is 0 Å². The summed E-state index contributed by atoms with van der Waals surface area (Å²) in [6.45, 7) is 0.968. The van der Waals surface area contributed by atoms with Crippen molar-refractivity contribution in [2.24, 2.45) is 0 Å². The number of fused-ring (bicyclic) bond motifs is 1. The number of thiazole rings is 1. The van der Waals surface area contributed by atoms with E-state index in [4.69, 9.17) is 14.5 Å². The Balaban J connectivity index is 1.28. The SMILES string of the molecule is COc1ncc(OC)c2c(C(=O)C(=O)N3CCC(=Cc4nc(-c5ccccc5)cs4)CC3)c[nH]c12. The molecule has 1 aliphatic rings. The number of methoxy groups -OCH3 is 2. The summed E-state index contributed by atoms with van der Waals surface area (Å²) in [7, 11) is 2.99. The molecule has 1 aliphatic heterocycles. The van der Waals surface area contributed by atoms with Gasteiger partial charge in [-0.3, -0.25) is 9.59 Å². The normalized spacial score (nSPS) is 13.7. The molecule has 0 bridgehead atoms. The number of carbonyl (C=O) groups is 2. The maximum atomic E-state index is 13.1. The average Bonchev–Trinajstić information content (AvgIpc) is 3.56. The molecule has 0 radical (unpaired) electrons. The topological polar surface area (TPSA) is 97.4 Å². The molecule has 8 nitrogen and oxygen atoms in total. The van der Waals surface area contributed by atoms with Crippen molar-refractivity contribution in [3.63, 3.8) is 0 Å². The minimum absolute atomic E-state index is 0.250. The number of rotatable bonds is 6. The number of ketones is 1. The van der Waals surface area contributed by atoms with Crippen LogP contribution in [0.25, 0.3) is 28.2 Å². The second kappa shape index (κ2) is 9.71. The van der Waals surface area contributed by atoms with Gasteiger partial charge in [-0.25, -0.2) is 9.97 Å². The fourth-order valence-electron chi connectivity index (χ4n) is 4.25. The predicted octanol–water partition coefficient (Wildman–Crippen LogP) is 4.59. The number of hydrogen-bond acceptors (Lipinski definition) is 7. The summed E-state index contributed by atoms with van der Waals surface area (Å²) in [6.07, 6.45) is 6.50. The van der Waals surface area contributed by atoms with E-state index in [0.717, 1.165) is 16.3 Å². The van der Waals surface area contributed by atoms with Crippen LogP contribution < -0.4 is 9.47 Å². The van der Waals surface area contributed by atoms with Crippen LogP contribution in [0.1, 0.15) is 28.2 Å². The van der Waals surface area contributed by atoms with Crippen molar-refractivity contribution in [1.29, 1.82) is 0 Å². The highest BCUT2D eigenvalue weighted by Gasteiger charge is 2.29. The molecule has 1 N–H and O–H groups in total. The Kier molecular flexibility index (Phi) is 6.33. The van der Waals surface area contributed by atoms with Crippen molar-refractivity contribution in [3.05, 3.63) is 64.2 Å². The Bertz CT molecular complexity index is 1410. The number of aromatic amines is 1. The first-order valence-corrected chi connectivity index (χ1v) is 12.1. The quantitative estimate of drug-likeness (QED) is 0.315. The van der Waals surface area contributed by atoms with E-state index in [0.29, 0.717) is 48.5 Å². The van der Waals surface area contributed by atoms with Gasteiger partial charge in [-0.1, -0.05) is 35.9 Å². The zero-order valence-corrected chi connectivity index (χ0v) is 20.2. The Hall–Kier alpha value is -3.98. The standard InChI is InChI=1S/C26H24N4O4S/c1-33-20-14-28-25(34-2)23-22(20)18(13-27-23)24(31)26(32)30-10-8-16(9-11-30)12-21-29-19(15-35-21)17-6-4-3-5-7-17/h3-7,12-15,27H,8-11H2,1-2H3. The molecule has 0 saturated carbocycles. The van der Waals surface area contributed by atoms with Crippen molar-refractivity contribution in [3.8, 4) is 22.9 Å². The second-order valence-corrected chi connectivity index (χ2v) is 9.04. The highest BCUT2D eigenvalue weighted by molar-refractivity contribution is 7.10. The van der Waals surface area contributed by atoms with Gasteiger partial charge < -0.3 is 19.4 Å². The summed E-state index contributed by atoms with van der Waals surface area (Å²) < 4.78 is 10.6. The van der Waals surface area contributed by atoms with Crippen LogP contribution in [-0.2, 0) is 4.79 Å². The molecule has 4 heterocycles. The van der Waals surface area contributed by atoms with Crippen LogP contribution in [0.5, 0.6) is 11.6 Å². The molecule has 178 valence electrons. The number of aromatic nitrogens is 3. The van der Waals surface area contributed by atoms with Crippen LogP contribution in [0, 0.1) is 0 Å². The van der Waals surface area contributed by atoms with Gasteiger partial charge in [-0.05, 0) is 18.9 Å². The van der Waals surface area contributed by atoms with Gasteiger partial charge in [0.1, 0.15) is 16.3 Å². The van der Waals surface area contributed by atoms with Gasteiger partial charge in [0.2, 0.25) is 5.88 Å². The number of ether oxygens (including phenoxy) is 2. The summed E-state index contributed by atoms with van der Waals surface area (Å²) in [6, 6.07) is 10.1. The lowest BCUT2D eigenvalue weighted by molar-refractivity contribution is -0.126. The largest absolute Gasteiger partial charge is 0.494 e. The van der Waals surface area contributed by atoms with E-state index in [1.807, 2.05) is 30.3 Å². The van der Waals surface area contributed by atoms with Gasteiger partial charge in [-0.15, -0.1) is 11.3 Å². The van der Waals surface area contributed by atoms with Crippen LogP contribution in [0.2, 0.25) is 0 Å². The third-order valence-electron chi connectivity index (χ3n) is 6.10. The average molecular weight is 489 g/mol. The number of benzene rings is 1. The minimum Gasteiger partial charge on any atom is -0.494 e. The van der Waals surface area contributed by atoms with Crippen molar-refractivity contribution in [2.75, 3.05) is 27.3 Å². The molecule has 1 fully saturated rings. The molecule has 3 aromatic heterocycles. The second-order valence-electron chi connectivity index (χ2n) is 8.15. The molecule has 0 unspecified atom stereocenters. The van der Waals surface area contributed by atoms with Crippen LogP contribution in [-0.4, -0.2) is 58.9 Å². The predicted molar refractivity (Wildman–Crippen MR) is 135 cm³/mol. The molecule has 5 rings (SSSR count). The molecule has 9 heteroatoms. The van der Waals surface area contributed by atoms with E-state index in [1.54, 1.807) is 16.2 Å². The number of hydrogen-bond donors (Lipinski definition) is 1. The zero-order valence-electron chi connectivity index (χ0n) is 19.4. The first-order valence-electron chi connectivity index (χ1n) is 11.2. The number of carbonyl (C=O) groups excluding carboxylic acids is 2. The fourth-order valence-corrected chi connectivity index (χ4v) is 5.06. The number of nitrogens with one attached hydrogen (secondary N) is 1. The van der Waals surface area contributed by atoms with E-state index in [-0.39, 0.29) is 5.56 Å². The minimum atomic E-state index is -0.581.